The van der Waals surface area contributed by atoms with Gasteiger partial charge in [0.1, 0.15) is 0 Å². The molecule has 0 radical (unpaired) electrons. The fourth-order valence-electron chi connectivity index (χ4n) is 2.25. The van der Waals surface area contributed by atoms with Gasteiger partial charge in [0.25, 0.3) is 0 Å². The lowest BCUT2D eigenvalue weighted by molar-refractivity contribution is -0.119. The van der Waals surface area contributed by atoms with Gasteiger partial charge in [0, 0.05) is 0 Å². The monoisotopic (exact) mass is 126 g/mol. The Morgan fingerprint density at radius 1 is 1.11 bits per heavy atom. The Morgan fingerprint density at radius 3 is 2.33 bits per heavy atom. The summed E-state index contributed by atoms with van der Waals surface area (Å²) in [7, 11) is 0. The number of aliphatic hydroxyl groups is 1. The van der Waals surface area contributed by atoms with E-state index in [1.807, 2.05) is 0 Å². The highest BCUT2D eigenvalue weighted by Crippen LogP contribution is 2.48. The molecule has 2 rings (SSSR count). The Morgan fingerprint density at radius 2 is 2.00 bits per heavy atom. The molecule has 2 aliphatic rings. The van der Waals surface area contributed by atoms with E-state index in [-0.39, 0.29) is 5.60 Å². The van der Waals surface area contributed by atoms with Gasteiger partial charge in [-0.2, -0.15) is 0 Å². The molecule has 9 heavy (non-hydrogen) atoms. The van der Waals surface area contributed by atoms with E-state index in [0.29, 0.717) is 5.92 Å². The summed E-state index contributed by atoms with van der Waals surface area (Å²) < 4.78 is 0. The summed E-state index contributed by atoms with van der Waals surface area (Å²) in [5.74, 6) is 0.686. The summed E-state index contributed by atoms with van der Waals surface area (Å²) in [5.41, 5.74) is -0.182. The summed E-state index contributed by atoms with van der Waals surface area (Å²) in [6.07, 6.45) is 7.35. The fraction of sp³-hybridized carbons (Fsp3) is 1.00. The minimum Gasteiger partial charge on any atom is -0.390 e. The molecule has 1 nitrogen and oxygen atoms in total. The highest BCUT2D eigenvalue weighted by Gasteiger charge is 2.45. The number of fused-ring (bicyclic) bond motifs is 1. The normalized spacial score (nSPS) is 49.7. The second kappa shape index (κ2) is 1.72. The first-order valence-electron chi connectivity index (χ1n) is 4.04. The molecule has 1 heteroatoms. The summed E-state index contributed by atoms with van der Waals surface area (Å²) in [6, 6.07) is 0. The number of hydrogen-bond acceptors (Lipinski definition) is 1. The molecule has 0 heterocycles. The lowest BCUT2D eigenvalue weighted by atomic mass is 9.62. The Kier molecular flexibility index (Phi) is 1.10. The maximum atomic E-state index is 9.73. The first kappa shape index (κ1) is 5.72. The number of hydrogen-bond donors (Lipinski definition) is 1. The van der Waals surface area contributed by atoms with Crippen LogP contribution in [0, 0.1) is 5.92 Å². The van der Waals surface area contributed by atoms with Crippen molar-refractivity contribution in [2.75, 3.05) is 0 Å². The van der Waals surface area contributed by atoms with Gasteiger partial charge in [0.05, 0.1) is 5.60 Å². The largest absolute Gasteiger partial charge is 0.390 e. The second-order valence-corrected chi connectivity index (χ2v) is 3.58. The zero-order valence-electron chi connectivity index (χ0n) is 5.77. The van der Waals surface area contributed by atoms with Crippen LogP contribution >= 0.6 is 0 Å². The smallest absolute Gasteiger partial charge is 0.0676 e. The summed E-state index contributed by atoms with van der Waals surface area (Å²) >= 11 is 0. The van der Waals surface area contributed by atoms with Crippen molar-refractivity contribution in [2.24, 2.45) is 5.92 Å². The van der Waals surface area contributed by atoms with E-state index in [2.05, 4.69) is 0 Å². The molecule has 0 aromatic carbocycles. The third-order valence-electron chi connectivity index (χ3n) is 3.10. The third kappa shape index (κ3) is 0.710. The Hall–Kier alpha value is -0.0400. The van der Waals surface area contributed by atoms with Crippen LogP contribution in [0.1, 0.15) is 38.5 Å². The van der Waals surface area contributed by atoms with Gasteiger partial charge in [-0.05, 0) is 31.6 Å². The van der Waals surface area contributed by atoms with Crippen LogP contribution in [0.5, 0.6) is 0 Å². The fourth-order valence-corrected chi connectivity index (χ4v) is 2.25. The van der Waals surface area contributed by atoms with E-state index >= 15 is 0 Å². The molecule has 0 bridgehead atoms. The van der Waals surface area contributed by atoms with E-state index < -0.39 is 0 Å². The molecular weight excluding hydrogens is 112 g/mol. The van der Waals surface area contributed by atoms with Crippen LogP contribution in [-0.4, -0.2) is 10.7 Å². The van der Waals surface area contributed by atoms with Crippen LogP contribution in [0.25, 0.3) is 0 Å². The van der Waals surface area contributed by atoms with Crippen molar-refractivity contribution < 1.29 is 5.11 Å². The van der Waals surface area contributed by atoms with Gasteiger partial charge in [-0.25, -0.2) is 0 Å². The quantitative estimate of drug-likeness (QED) is 0.523. The molecule has 0 spiro atoms. The first-order valence-corrected chi connectivity index (χ1v) is 4.04. The van der Waals surface area contributed by atoms with Crippen molar-refractivity contribution in [1.29, 1.82) is 0 Å². The highest BCUT2D eigenvalue weighted by atomic mass is 16.3. The molecule has 0 aromatic heterocycles. The van der Waals surface area contributed by atoms with Crippen molar-refractivity contribution in [1.82, 2.24) is 0 Å². The molecule has 2 saturated carbocycles. The van der Waals surface area contributed by atoms with Crippen molar-refractivity contribution in [3.05, 3.63) is 0 Å². The summed E-state index contributed by atoms with van der Waals surface area (Å²) in [6.45, 7) is 0. The van der Waals surface area contributed by atoms with E-state index in [4.69, 9.17) is 0 Å². The molecule has 0 aromatic rings. The molecule has 52 valence electrons. The maximum absolute atomic E-state index is 9.73. The molecule has 2 atom stereocenters. The Bertz CT molecular complexity index is 122. The van der Waals surface area contributed by atoms with E-state index in [9.17, 15) is 5.11 Å². The summed E-state index contributed by atoms with van der Waals surface area (Å²) in [4.78, 5) is 0. The van der Waals surface area contributed by atoms with Gasteiger partial charge in [0.15, 0.2) is 0 Å². The molecule has 1 N–H and O–H groups in total. The molecule has 0 amide bonds. The second-order valence-electron chi connectivity index (χ2n) is 3.58. The maximum Gasteiger partial charge on any atom is 0.0676 e. The first-order chi connectivity index (χ1) is 4.31. The molecular formula is C8H14O. The van der Waals surface area contributed by atoms with Crippen LogP contribution in [0.3, 0.4) is 0 Å². The Labute approximate surface area is 56.1 Å². The average Bonchev–Trinajstić information content (AvgIpc) is 1.82. The predicted molar refractivity (Wildman–Crippen MR) is 36.1 cm³/mol. The van der Waals surface area contributed by atoms with Crippen LogP contribution in [-0.2, 0) is 0 Å². The van der Waals surface area contributed by atoms with Crippen molar-refractivity contribution in [3.8, 4) is 0 Å². The molecule has 0 saturated heterocycles. The van der Waals surface area contributed by atoms with Crippen LogP contribution in [0.15, 0.2) is 0 Å². The van der Waals surface area contributed by atoms with Gasteiger partial charge in [-0.3, -0.25) is 0 Å². The van der Waals surface area contributed by atoms with E-state index in [1.165, 1.54) is 25.7 Å². The van der Waals surface area contributed by atoms with E-state index in [0.717, 1.165) is 12.8 Å². The standard InChI is InChI=1S/C8H14O/c9-8-5-2-1-3-7(8)4-6-8/h7,9H,1-6H2. The van der Waals surface area contributed by atoms with Crippen molar-refractivity contribution >= 4 is 0 Å². The van der Waals surface area contributed by atoms with Crippen molar-refractivity contribution in [2.45, 2.75) is 44.1 Å². The number of rotatable bonds is 0. The molecule has 2 unspecified atom stereocenters. The van der Waals surface area contributed by atoms with Crippen LogP contribution in [0.2, 0.25) is 0 Å². The van der Waals surface area contributed by atoms with E-state index in [1.54, 1.807) is 0 Å². The summed E-state index contributed by atoms with van der Waals surface area (Å²) in [5, 5.41) is 9.73. The topological polar surface area (TPSA) is 20.2 Å². The Balaban J connectivity index is 2.05. The third-order valence-corrected chi connectivity index (χ3v) is 3.10. The van der Waals surface area contributed by atoms with Gasteiger partial charge in [-0.15, -0.1) is 0 Å². The average molecular weight is 126 g/mol. The van der Waals surface area contributed by atoms with Gasteiger partial charge >= 0.3 is 0 Å². The van der Waals surface area contributed by atoms with Gasteiger partial charge in [-0.1, -0.05) is 12.8 Å². The zero-order valence-corrected chi connectivity index (χ0v) is 5.77. The van der Waals surface area contributed by atoms with Crippen LogP contribution in [0.4, 0.5) is 0 Å². The van der Waals surface area contributed by atoms with Crippen LogP contribution < -0.4 is 0 Å². The zero-order chi connectivity index (χ0) is 6.32. The SMILES string of the molecule is OC12CCCCC1CC2. The molecule has 2 aliphatic carbocycles. The highest BCUT2D eigenvalue weighted by molar-refractivity contribution is 4.98. The minimum atomic E-state index is -0.182. The predicted octanol–water partition coefficient (Wildman–Crippen LogP) is 1.70. The lowest BCUT2D eigenvalue weighted by Crippen LogP contribution is -2.48. The lowest BCUT2D eigenvalue weighted by Gasteiger charge is -2.48. The van der Waals surface area contributed by atoms with Crippen molar-refractivity contribution in [3.63, 3.8) is 0 Å². The van der Waals surface area contributed by atoms with Gasteiger partial charge < -0.3 is 5.11 Å². The molecule has 2 fully saturated rings. The molecule has 0 aliphatic heterocycles. The minimum absolute atomic E-state index is 0.182. The van der Waals surface area contributed by atoms with Gasteiger partial charge in [0.2, 0.25) is 0 Å².